The molecule has 72 valence electrons. The minimum atomic E-state index is -0.764. The average Bonchev–Trinajstić information content (AvgIpc) is 2.49. The van der Waals surface area contributed by atoms with Crippen LogP contribution in [-0.4, -0.2) is 41.4 Å². The molecule has 0 aromatic rings. The summed E-state index contributed by atoms with van der Waals surface area (Å²) in [6, 6.07) is 0. The molecule has 1 spiro atoms. The molecule has 3 fully saturated rings. The zero-order chi connectivity index (χ0) is 9.05. The third-order valence-electron chi connectivity index (χ3n) is 3.67. The molecule has 2 aliphatic heterocycles. The van der Waals surface area contributed by atoms with Crippen LogP contribution >= 0.6 is 0 Å². The number of ether oxygens (including phenoxy) is 1. The summed E-state index contributed by atoms with van der Waals surface area (Å²) in [6.07, 6.45) is 1.41. The number of rotatable bonds is 0. The van der Waals surface area contributed by atoms with E-state index in [4.69, 9.17) is 9.84 Å². The largest absolute Gasteiger partial charge is 0.465 e. The van der Waals surface area contributed by atoms with Crippen LogP contribution in [0.3, 0.4) is 0 Å². The lowest BCUT2D eigenvalue weighted by Gasteiger charge is -2.13. The lowest BCUT2D eigenvalue weighted by Crippen LogP contribution is -2.28. The van der Waals surface area contributed by atoms with Gasteiger partial charge in [0.05, 0.1) is 12.2 Å². The third kappa shape index (κ3) is 1.05. The van der Waals surface area contributed by atoms with E-state index in [0.29, 0.717) is 11.8 Å². The van der Waals surface area contributed by atoms with Crippen molar-refractivity contribution in [2.45, 2.75) is 18.4 Å². The zero-order valence-corrected chi connectivity index (χ0v) is 7.40. The van der Waals surface area contributed by atoms with E-state index in [1.165, 1.54) is 0 Å². The predicted molar refractivity (Wildman–Crippen MR) is 44.5 cm³/mol. The van der Waals surface area contributed by atoms with Gasteiger partial charge in [0.25, 0.3) is 0 Å². The lowest BCUT2D eigenvalue weighted by atomic mass is 10.0. The summed E-state index contributed by atoms with van der Waals surface area (Å²) < 4.78 is 5.42. The molecule has 2 saturated heterocycles. The molecule has 13 heavy (non-hydrogen) atoms. The van der Waals surface area contributed by atoms with E-state index in [2.05, 4.69) is 0 Å². The maximum Gasteiger partial charge on any atom is 0.407 e. The number of hydrogen-bond acceptors (Lipinski definition) is 2. The normalized spacial score (nSPS) is 46.9. The van der Waals surface area contributed by atoms with Gasteiger partial charge in [-0.25, -0.2) is 4.79 Å². The Balaban J connectivity index is 1.70. The number of nitrogens with zero attached hydrogens (tertiary/aromatic N) is 1. The van der Waals surface area contributed by atoms with Crippen molar-refractivity contribution in [1.82, 2.24) is 4.90 Å². The molecule has 3 aliphatic rings. The molecule has 0 bridgehead atoms. The fourth-order valence-electron chi connectivity index (χ4n) is 2.93. The molecule has 4 heteroatoms. The Hall–Kier alpha value is -0.770. The van der Waals surface area contributed by atoms with Gasteiger partial charge in [0, 0.05) is 13.1 Å². The molecular weight excluding hydrogens is 170 g/mol. The minimum absolute atomic E-state index is 0.194. The van der Waals surface area contributed by atoms with E-state index in [-0.39, 0.29) is 5.60 Å². The van der Waals surface area contributed by atoms with Crippen molar-refractivity contribution >= 4 is 6.09 Å². The smallest absolute Gasteiger partial charge is 0.407 e. The summed E-state index contributed by atoms with van der Waals surface area (Å²) in [5.74, 6) is 1.14. The van der Waals surface area contributed by atoms with Crippen molar-refractivity contribution in [1.29, 1.82) is 0 Å². The van der Waals surface area contributed by atoms with Crippen molar-refractivity contribution in [3.05, 3.63) is 0 Å². The first-order valence-corrected chi connectivity index (χ1v) is 4.80. The highest BCUT2D eigenvalue weighted by atomic mass is 16.6. The first kappa shape index (κ1) is 7.62. The average molecular weight is 183 g/mol. The summed E-state index contributed by atoms with van der Waals surface area (Å²) in [5, 5.41) is 8.81. The Morgan fingerprint density at radius 3 is 2.31 bits per heavy atom. The molecule has 4 nitrogen and oxygen atoms in total. The molecule has 0 radical (unpaired) electrons. The van der Waals surface area contributed by atoms with Gasteiger partial charge in [-0.15, -0.1) is 0 Å². The van der Waals surface area contributed by atoms with Crippen molar-refractivity contribution in [2.24, 2.45) is 11.8 Å². The first-order valence-electron chi connectivity index (χ1n) is 4.80. The van der Waals surface area contributed by atoms with E-state index in [9.17, 15) is 4.79 Å². The van der Waals surface area contributed by atoms with Gasteiger partial charge >= 0.3 is 6.09 Å². The second-order valence-corrected chi connectivity index (χ2v) is 4.59. The number of likely N-dealkylation sites (tertiary alicyclic amines) is 1. The molecule has 0 aromatic carbocycles. The fraction of sp³-hybridized carbons (Fsp3) is 0.889. The van der Waals surface area contributed by atoms with Gasteiger partial charge in [0.1, 0.15) is 0 Å². The zero-order valence-electron chi connectivity index (χ0n) is 7.40. The number of hydrogen-bond donors (Lipinski definition) is 1. The van der Waals surface area contributed by atoms with Crippen LogP contribution in [0.25, 0.3) is 0 Å². The maximum atomic E-state index is 10.7. The van der Waals surface area contributed by atoms with E-state index in [1.807, 2.05) is 0 Å². The van der Waals surface area contributed by atoms with E-state index >= 15 is 0 Å². The topological polar surface area (TPSA) is 53.1 Å². The molecule has 1 saturated carbocycles. The Kier molecular flexibility index (Phi) is 1.28. The fourth-order valence-corrected chi connectivity index (χ4v) is 2.93. The molecule has 3 atom stereocenters. The maximum absolute atomic E-state index is 10.7. The Morgan fingerprint density at radius 2 is 1.92 bits per heavy atom. The van der Waals surface area contributed by atoms with Crippen LogP contribution in [0, 0.1) is 11.8 Å². The van der Waals surface area contributed by atoms with Crippen LogP contribution in [0.1, 0.15) is 12.8 Å². The number of carbonyl (C=O) groups is 1. The number of epoxide rings is 1. The van der Waals surface area contributed by atoms with Gasteiger partial charge in [-0.1, -0.05) is 0 Å². The highest BCUT2D eigenvalue weighted by Crippen LogP contribution is 2.51. The number of fused-ring (bicyclic) bond motifs is 1. The summed E-state index contributed by atoms with van der Waals surface area (Å²) in [4.78, 5) is 12.3. The van der Waals surface area contributed by atoms with Gasteiger partial charge in [0.15, 0.2) is 0 Å². The Morgan fingerprint density at radius 1 is 1.38 bits per heavy atom. The second-order valence-electron chi connectivity index (χ2n) is 4.59. The van der Waals surface area contributed by atoms with Crippen LogP contribution < -0.4 is 0 Å². The first-order chi connectivity index (χ1) is 6.19. The molecule has 1 aliphatic carbocycles. The van der Waals surface area contributed by atoms with Crippen LogP contribution in [0.4, 0.5) is 4.79 Å². The van der Waals surface area contributed by atoms with Crippen molar-refractivity contribution in [3.63, 3.8) is 0 Å². The van der Waals surface area contributed by atoms with Crippen LogP contribution in [0.5, 0.6) is 0 Å². The number of amides is 1. The highest BCUT2D eigenvalue weighted by molar-refractivity contribution is 5.65. The van der Waals surface area contributed by atoms with Gasteiger partial charge in [-0.05, 0) is 24.7 Å². The molecule has 3 rings (SSSR count). The Bertz CT molecular complexity index is 246. The van der Waals surface area contributed by atoms with Gasteiger partial charge in [0.2, 0.25) is 0 Å². The standard InChI is InChI=1S/C9H13NO3/c11-8(12)10-3-6-1-9(5-13-9)2-7(6)4-10/h6-7H,1-5H2,(H,11,12)/t6-,7+,9?. The van der Waals surface area contributed by atoms with Crippen molar-refractivity contribution < 1.29 is 14.6 Å². The van der Waals surface area contributed by atoms with E-state index < -0.39 is 6.09 Å². The molecular formula is C9H13NO3. The monoisotopic (exact) mass is 183 g/mol. The predicted octanol–water partition coefficient (Wildman–Crippen LogP) is 0.775. The van der Waals surface area contributed by atoms with Gasteiger partial charge < -0.3 is 14.7 Å². The summed E-state index contributed by atoms with van der Waals surface area (Å²) in [7, 11) is 0. The van der Waals surface area contributed by atoms with Gasteiger partial charge in [-0.3, -0.25) is 0 Å². The van der Waals surface area contributed by atoms with E-state index in [0.717, 1.165) is 32.5 Å². The second kappa shape index (κ2) is 2.18. The van der Waals surface area contributed by atoms with E-state index in [1.54, 1.807) is 4.90 Å². The summed E-state index contributed by atoms with van der Waals surface area (Å²) in [6.45, 7) is 2.36. The minimum Gasteiger partial charge on any atom is -0.465 e. The SMILES string of the molecule is O=C(O)N1C[C@@H]2CC3(CO3)C[C@@H]2C1. The summed E-state index contributed by atoms with van der Waals surface area (Å²) in [5.41, 5.74) is 0.194. The van der Waals surface area contributed by atoms with Crippen LogP contribution in [-0.2, 0) is 4.74 Å². The quantitative estimate of drug-likeness (QED) is 0.564. The molecule has 1 unspecified atom stereocenters. The molecule has 1 amide bonds. The third-order valence-corrected chi connectivity index (χ3v) is 3.67. The van der Waals surface area contributed by atoms with Crippen LogP contribution in [0.2, 0.25) is 0 Å². The summed E-state index contributed by atoms with van der Waals surface area (Å²) >= 11 is 0. The van der Waals surface area contributed by atoms with Crippen LogP contribution in [0.15, 0.2) is 0 Å². The molecule has 2 heterocycles. The lowest BCUT2D eigenvalue weighted by molar-refractivity contribution is 0.149. The van der Waals surface area contributed by atoms with Crippen molar-refractivity contribution in [2.75, 3.05) is 19.7 Å². The Labute approximate surface area is 76.5 Å². The number of carboxylic acid groups (broad SMARTS) is 1. The van der Waals surface area contributed by atoms with Gasteiger partial charge in [-0.2, -0.15) is 0 Å². The van der Waals surface area contributed by atoms with Crippen molar-refractivity contribution in [3.8, 4) is 0 Å². The highest BCUT2D eigenvalue weighted by Gasteiger charge is 2.57. The molecule has 1 N–H and O–H groups in total. The molecule has 0 aromatic heterocycles.